The highest BCUT2D eigenvalue weighted by Crippen LogP contribution is 2.25. The number of pyridine rings is 1. The molecule has 0 saturated heterocycles. The van der Waals surface area contributed by atoms with Crippen LogP contribution in [0.1, 0.15) is 5.56 Å². The Hall–Kier alpha value is -1.77. The van der Waals surface area contributed by atoms with Crippen LogP contribution in [-0.4, -0.2) is 10.1 Å². The van der Waals surface area contributed by atoms with Crippen molar-refractivity contribution in [3.8, 4) is 5.75 Å². The van der Waals surface area contributed by atoms with Crippen LogP contribution in [0.15, 0.2) is 24.4 Å². The van der Waals surface area contributed by atoms with Crippen LogP contribution in [0.25, 0.3) is 10.9 Å². The van der Waals surface area contributed by atoms with E-state index >= 15 is 0 Å². The van der Waals surface area contributed by atoms with Gasteiger partial charge in [-0.3, -0.25) is 4.98 Å². The van der Waals surface area contributed by atoms with Gasteiger partial charge in [-0.15, -0.1) is 0 Å². The van der Waals surface area contributed by atoms with E-state index < -0.39 is 0 Å². The number of phenols is 1. The quantitative estimate of drug-likeness (QED) is 0.473. The minimum absolute atomic E-state index is 0.0869. The van der Waals surface area contributed by atoms with Crippen molar-refractivity contribution in [2.24, 2.45) is 0 Å². The Morgan fingerprint density at radius 3 is 2.85 bits per heavy atom. The molecule has 2 aromatic rings. The van der Waals surface area contributed by atoms with Crippen molar-refractivity contribution in [3.63, 3.8) is 0 Å². The van der Waals surface area contributed by atoms with Crippen LogP contribution in [0, 0.1) is 6.92 Å². The molecule has 2 rings (SSSR count). The first-order valence-corrected chi connectivity index (χ1v) is 4.01. The average Bonchev–Trinajstić information content (AvgIpc) is 2.08. The molecule has 3 N–H and O–H groups in total. The summed E-state index contributed by atoms with van der Waals surface area (Å²) < 4.78 is 0. The second-order valence-corrected chi connectivity index (χ2v) is 3.12. The highest BCUT2D eigenvalue weighted by molar-refractivity contribution is 5.85. The van der Waals surface area contributed by atoms with Crippen molar-refractivity contribution in [2.45, 2.75) is 6.92 Å². The molecule has 0 unspecified atom stereocenters. The Balaban J connectivity index is 2.81. The van der Waals surface area contributed by atoms with E-state index in [0.717, 1.165) is 16.5 Å². The molecule has 1 aromatic heterocycles. The van der Waals surface area contributed by atoms with Crippen LogP contribution in [0.2, 0.25) is 0 Å². The van der Waals surface area contributed by atoms with E-state index in [1.807, 2.05) is 13.0 Å². The number of hydrogen-bond donors (Lipinski definition) is 2. The third kappa shape index (κ3) is 1.28. The molecule has 66 valence electrons. The fraction of sp³-hybridized carbons (Fsp3) is 0.100. The number of rotatable bonds is 0. The summed E-state index contributed by atoms with van der Waals surface area (Å²) in [6.07, 6.45) is 1.76. The highest BCUT2D eigenvalue weighted by Gasteiger charge is 2.00. The van der Waals surface area contributed by atoms with Gasteiger partial charge in [-0.2, -0.15) is 0 Å². The molecule has 0 fully saturated rings. The number of aromatic hydroxyl groups is 1. The molecule has 3 nitrogen and oxygen atoms in total. The van der Waals surface area contributed by atoms with Gasteiger partial charge in [0, 0.05) is 17.6 Å². The Morgan fingerprint density at radius 1 is 1.31 bits per heavy atom. The number of nitrogen functional groups attached to an aromatic ring is 1. The Kier molecular flexibility index (Phi) is 1.59. The van der Waals surface area contributed by atoms with Crippen LogP contribution >= 0.6 is 0 Å². The van der Waals surface area contributed by atoms with Crippen molar-refractivity contribution < 1.29 is 5.11 Å². The second kappa shape index (κ2) is 2.62. The lowest BCUT2D eigenvalue weighted by Crippen LogP contribution is -1.87. The lowest BCUT2D eigenvalue weighted by atomic mass is 10.1. The zero-order chi connectivity index (χ0) is 9.42. The van der Waals surface area contributed by atoms with Crippen molar-refractivity contribution in [3.05, 3.63) is 30.0 Å². The number of aromatic nitrogens is 1. The number of nitrogens with zero attached hydrogens (tertiary/aromatic N) is 1. The molecule has 0 amide bonds. The minimum atomic E-state index is 0.0869. The molecule has 1 heterocycles. The van der Waals surface area contributed by atoms with E-state index in [1.165, 1.54) is 0 Å². The normalized spacial score (nSPS) is 10.5. The monoisotopic (exact) mass is 174 g/mol. The molecule has 0 saturated carbocycles. The number of nitrogens with two attached hydrogens (primary N) is 1. The van der Waals surface area contributed by atoms with Crippen LogP contribution in [0.3, 0.4) is 0 Å². The van der Waals surface area contributed by atoms with Gasteiger partial charge in [0.05, 0.1) is 11.2 Å². The smallest absolute Gasteiger partial charge is 0.140 e. The summed E-state index contributed by atoms with van der Waals surface area (Å²) in [4.78, 5) is 4.17. The summed E-state index contributed by atoms with van der Waals surface area (Å²) in [5, 5.41) is 10.3. The standard InChI is InChI=1S/C10H10N2O/c1-6-2-7-3-8(11)10(13)4-9(7)12-5-6/h2-5,13H,11H2,1H3. The van der Waals surface area contributed by atoms with Crippen molar-refractivity contribution in [1.82, 2.24) is 4.98 Å². The lowest BCUT2D eigenvalue weighted by Gasteiger charge is -2.02. The first kappa shape index (κ1) is 7.86. The van der Waals surface area contributed by atoms with Crippen LogP contribution in [-0.2, 0) is 0 Å². The minimum Gasteiger partial charge on any atom is -0.506 e. The van der Waals surface area contributed by atoms with E-state index in [9.17, 15) is 5.11 Å². The van der Waals surface area contributed by atoms with Gasteiger partial charge in [0.15, 0.2) is 0 Å². The van der Waals surface area contributed by atoms with Gasteiger partial charge in [-0.25, -0.2) is 0 Å². The summed E-state index contributed by atoms with van der Waals surface area (Å²) in [6, 6.07) is 5.28. The van der Waals surface area contributed by atoms with Crippen molar-refractivity contribution in [2.75, 3.05) is 5.73 Å². The summed E-state index contributed by atoms with van der Waals surface area (Å²) >= 11 is 0. The molecule has 1 aromatic carbocycles. The van der Waals surface area contributed by atoms with Gasteiger partial charge in [0.25, 0.3) is 0 Å². The van der Waals surface area contributed by atoms with Crippen LogP contribution < -0.4 is 5.73 Å². The third-order valence-electron chi connectivity index (χ3n) is 1.97. The summed E-state index contributed by atoms with van der Waals surface area (Å²) in [5.74, 6) is 0.0869. The van der Waals surface area contributed by atoms with Crippen LogP contribution in [0.5, 0.6) is 5.75 Å². The van der Waals surface area contributed by atoms with Crippen LogP contribution in [0.4, 0.5) is 5.69 Å². The Morgan fingerprint density at radius 2 is 2.08 bits per heavy atom. The van der Waals surface area contributed by atoms with E-state index in [2.05, 4.69) is 4.98 Å². The molecule has 3 heteroatoms. The molecule has 13 heavy (non-hydrogen) atoms. The summed E-state index contributed by atoms with van der Waals surface area (Å²) in [6.45, 7) is 1.97. The maximum Gasteiger partial charge on any atom is 0.140 e. The molecular formula is C10H10N2O. The lowest BCUT2D eigenvalue weighted by molar-refractivity contribution is 0.478. The predicted octanol–water partition coefficient (Wildman–Crippen LogP) is 1.83. The average molecular weight is 174 g/mol. The SMILES string of the molecule is Cc1cnc2cc(O)c(N)cc2c1. The number of hydrogen-bond acceptors (Lipinski definition) is 3. The fourth-order valence-electron chi connectivity index (χ4n) is 1.29. The first-order valence-electron chi connectivity index (χ1n) is 4.01. The zero-order valence-corrected chi connectivity index (χ0v) is 7.28. The van der Waals surface area contributed by atoms with Crippen molar-refractivity contribution >= 4 is 16.6 Å². The number of anilines is 1. The van der Waals surface area contributed by atoms with E-state index in [4.69, 9.17) is 5.73 Å². The van der Waals surface area contributed by atoms with Gasteiger partial charge in [-0.1, -0.05) is 0 Å². The molecule has 0 aliphatic carbocycles. The van der Waals surface area contributed by atoms with E-state index in [-0.39, 0.29) is 5.75 Å². The molecule has 0 atom stereocenters. The fourth-order valence-corrected chi connectivity index (χ4v) is 1.29. The molecule has 0 spiro atoms. The Labute approximate surface area is 75.8 Å². The summed E-state index contributed by atoms with van der Waals surface area (Å²) in [7, 11) is 0. The van der Waals surface area contributed by atoms with Gasteiger partial charge in [0.2, 0.25) is 0 Å². The number of aryl methyl sites for hydroxylation is 1. The maximum absolute atomic E-state index is 9.32. The predicted molar refractivity (Wildman–Crippen MR) is 52.6 cm³/mol. The second-order valence-electron chi connectivity index (χ2n) is 3.12. The number of benzene rings is 1. The molecular weight excluding hydrogens is 164 g/mol. The molecule has 0 aliphatic heterocycles. The molecule has 0 radical (unpaired) electrons. The first-order chi connectivity index (χ1) is 6.16. The van der Waals surface area contributed by atoms with Gasteiger partial charge < -0.3 is 10.8 Å². The molecule has 0 bridgehead atoms. The van der Waals surface area contributed by atoms with Crippen molar-refractivity contribution in [1.29, 1.82) is 0 Å². The van der Waals surface area contributed by atoms with Gasteiger partial charge >= 0.3 is 0 Å². The Bertz CT molecular complexity index is 466. The maximum atomic E-state index is 9.32. The van der Waals surface area contributed by atoms with Gasteiger partial charge in [0.1, 0.15) is 5.75 Å². The van der Waals surface area contributed by atoms with E-state index in [0.29, 0.717) is 5.69 Å². The summed E-state index contributed by atoms with van der Waals surface area (Å²) in [5.41, 5.74) is 7.79. The molecule has 0 aliphatic rings. The highest BCUT2D eigenvalue weighted by atomic mass is 16.3. The largest absolute Gasteiger partial charge is 0.506 e. The van der Waals surface area contributed by atoms with Gasteiger partial charge in [-0.05, 0) is 24.6 Å². The third-order valence-corrected chi connectivity index (χ3v) is 1.97. The number of fused-ring (bicyclic) bond motifs is 1. The topological polar surface area (TPSA) is 59.1 Å². The van der Waals surface area contributed by atoms with E-state index in [1.54, 1.807) is 18.3 Å². The zero-order valence-electron chi connectivity index (χ0n) is 7.28. The number of phenolic OH excluding ortho intramolecular Hbond substituents is 1.